The average molecular weight is 336 g/mol. The third kappa shape index (κ3) is 3.67. The molecule has 3 rings (SSSR count). The van der Waals surface area contributed by atoms with Crippen LogP contribution in [0, 0.1) is 5.41 Å². The number of hydrogen-bond acceptors (Lipinski definition) is 4. The van der Waals surface area contributed by atoms with Gasteiger partial charge in [-0.1, -0.05) is 6.07 Å². The van der Waals surface area contributed by atoms with Crippen LogP contribution in [0.5, 0.6) is 0 Å². The molecule has 126 valence electrons. The van der Waals surface area contributed by atoms with Crippen LogP contribution in [-0.4, -0.2) is 73.5 Å². The molecule has 1 N–H and O–H groups in total. The van der Waals surface area contributed by atoms with Crippen LogP contribution < -0.4 is 5.32 Å². The fourth-order valence-corrected chi connectivity index (χ4v) is 4.27. The van der Waals surface area contributed by atoms with Gasteiger partial charge >= 0.3 is 6.03 Å². The quantitative estimate of drug-likeness (QED) is 0.878. The van der Waals surface area contributed by atoms with E-state index >= 15 is 0 Å². The minimum absolute atomic E-state index is 0.0293. The second kappa shape index (κ2) is 6.49. The summed E-state index contributed by atoms with van der Waals surface area (Å²) in [5.41, 5.74) is -0.170. The van der Waals surface area contributed by atoms with Crippen LogP contribution in [0.25, 0.3) is 0 Å². The molecule has 0 bridgehead atoms. The highest BCUT2D eigenvalue weighted by molar-refractivity contribution is 7.09. The molecule has 0 aliphatic carbocycles. The van der Waals surface area contributed by atoms with Crippen molar-refractivity contribution in [2.45, 2.75) is 13.0 Å². The maximum atomic E-state index is 12.4. The van der Waals surface area contributed by atoms with Crippen LogP contribution in [0.1, 0.15) is 11.3 Å². The molecule has 23 heavy (non-hydrogen) atoms. The molecule has 0 saturated carbocycles. The summed E-state index contributed by atoms with van der Waals surface area (Å²) in [6, 6.07) is 4.24. The second-order valence-electron chi connectivity index (χ2n) is 6.84. The van der Waals surface area contributed by atoms with E-state index in [9.17, 15) is 9.59 Å². The summed E-state index contributed by atoms with van der Waals surface area (Å²) in [7, 11) is 3.56. The lowest BCUT2D eigenvalue weighted by atomic mass is 9.86. The van der Waals surface area contributed by atoms with Crippen LogP contribution in [-0.2, 0) is 11.3 Å². The van der Waals surface area contributed by atoms with E-state index in [1.807, 2.05) is 4.90 Å². The molecule has 7 heteroatoms. The first-order chi connectivity index (χ1) is 11.0. The van der Waals surface area contributed by atoms with Crippen LogP contribution in [0.2, 0.25) is 0 Å². The van der Waals surface area contributed by atoms with Crippen molar-refractivity contribution in [1.29, 1.82) is 0 Å². The van der Waals surface area contributed by atoms with Gasteiger partial charge in [0.1, 0.15) is 0 Å². The fourth-order valence-electron chi connectivity index (χ4n) is 3.53. The summed E-state index contributed by atoms with van der Waals surface area (Å²) in [5.74, 6) is 0.0974. The molecule has 0 radical (unpaired) electrons. The zero-order chi connectivity index (χ0) is 16.4. The summed E-state index contributed by atoms with van der Waals surface area (Å²) in [6.07, 6.45) is 0.505. The molecule has 2 aliphatic rings. The highest BCUT2D eigenvalue weighted by atomic mass is 32.1. The van der Waals surface area contributed by atoms with Crippen molar-refractivity contribution < 1.29 is 9.59 Å². The molecule has 6 nitrogen and oxygen atoms in total. The maximum absolute atomic E-state index is 12.4. The predicted molar refractivity (Wildman–Crippen MR) is 90.3 cm³/mol. The topological polar surface area (TPSA) is 55.9 Å². The summed E-state index contributed by atoms with van der Waals surface area (Å²) in [4.78, 5) is 31.5. The van der Waals surface area contributed by atoms with Gasteiger partial charge in [0.2, 0.25) is 5.91 Å². The van der Waals surface area contributed by atoms with Crippen LogP contribution in [0.3, 0.4) is 0 Å². The van der Waals surface area contributed by atoms with E-state index in [0.29, 0.717) is 26.1 Å². The first-order valence-electron chi connectivity index (χ1n) is 7.95. The summed E-state index contributed by atoms with van der Waals surface area (Å²) in [5, 5.41) is 5.05. The van der Waals surface area contributed by atoms with Gasteiger partial charge in [0.05, 0.1) is 0 Å². The number of hydrogen-bond donors (Lipinski definition) is 1. The van der Waals surface area contributed by atoms with Crippen molar-refractivity contribution >= 4 is 23.3 Å². The highest BCUT2D eigenvalue weighted by Crippen LogP contribution is 2.32. The van der Waals surface area contributed by atoms with Gasteiger partial charge in [-0.3, -0.25) is 9.69 Å². The number of nitrogens with one attached hydrogen (secondary N) is 1. The molecule has 2 fully saturated rings. The molecule has 1 atom stereocenters. The lowest BCUT2D eigenvalue weighted by Gasteiger charge is -2.33. The number of nitrogens with zero attached hydrogens (tertiary/aromatic N) is 3. The highest BCUT2D eigenvalue weighted by Gasteiger charge is 2.44. The second-order valence-corrected chi connectivity index (χ2v) is 7.87. The Labute approximate surface area is 141 Å². The number of amides is 3. The van der Waals surface area contributed by atoms with Gasteiger partial charge in [0, 0.05) is 70.1 Å². The van der Waals surface area contributed by atoms with E-state index in [1.54, 1.807) is 30.3 Å². The Balaban J connectivity index is 1.78. The first-order valence-corrected chi connectivity index (χ1v) is 8.83. The number of carbonyl (C=O) groups is 2. The molecule has 2 saturated heterocycles. The minimum Gasteiger partial charge on any atom is -0.355 e. The molecule has 1 aromatic heterocycles. The van der Waals surface area contributed by atoms with E-state index in [1.165, 1.54) is 4.88 Å². The SMILES string of the molecule is CN(C)C(=O)N1CCN(Cc2cccs2)CC2(CNC(=O)C2)C1. The summed E-state index contributed by atoms with van der Waals surface area (Å²) < 4.78 is 0. The molecule has 0 aromatic carbocycles. The van der Waals surface area contributed by atoms with Gasteiger partial charge in [-0.2, -0.15) is 0 Å². The van der Waals surface area contributed by atoms with Gasteiger partial charge in [0.15, 0.2) is 0 Å². The third-order valence-corrected chi connectivity index (χ3v) is 5.44. The molecular weight excluding hydrogens is 312 g/mol. The van der Waals surface area contributed by atoms with Crippen molar-refractivity contribution in [3.05, 3.63) is 22.4 Å². The summed E-state index contributed by atoms with van der Waals surface area (Å²) >= 11 is 1.75. The summed E-state index contributed by atoms with van der Waals surface area (Å²) in [6.45, 7) is 4.58. The van der Waals surface area contributed by atoms with Crippen molar-refractivity contribution in [2.75, 3.05) is 46.8 Å². The number of urea groups is 1. The zero-order valence-electron chi connectivity index (χ0n) is 13.7. The van der Waals surface area contributed by atoms with Crippen LogP contribution in [0.4, 0.5) is 4.79 Å². The Morgan fingerprint density at radius 1 is 1.39 bits per heavy atom. The molecule has 1 aromatic rings. The van der Waals surface area contributed by atoms with E-state index in [4.69, 9.17) is 0 Å². The van der Waals surface area contributed by atoms with Gasteiger partial charge < -0.3 is 15.1 Å². The largest absolute Gasteiger partial charge is 0.355 e. The fraction of sp³-hybridized carbons (Fsp3) is 0.625. The van der Waals surface area contributed by atoms with Crippen LogP contribution in [0.15, 0.2) is 17.5 Å². The first kappa shape index (κ1) is 16.3. The Bertz CT molecular complexity index is 575. The Hall–Kier alpha value is -1.60. The Morgan fingerprint density at radius 2 is 2.22 bits per heavy atom. The van der Waals surface area contributed by atoms with Gasteiger partial charge in [-0.25, -0.2) is 4.79 Å². The van der Waals surface area contributed by atoms with E-state index in [0.717, 1.165) is 19.6 Å². The van der Waals surface area contributed by atoms with Gasteiger partial charge in [0.25, 0.3) is 0 Å². The molecular formula is C16H24N4O2S. The van der Waals surface area contributed by atoms with E-state index in [2.05, 4.69) is 27.7 Å². The molecule has 1 spiro atoms. The van der Waals surface area contributed by atoms with E-state index in [-0.39, 0.29) is 17.4 Å². The van der Waals surface area contributed by atoms with Gasteiger partial charge in [-0.15, -0.1) is 11.3 Å². The van der Waals surface area contributed by atoms with Crippen molar-refractivity contribution in [3.63, 3.8) is 0 Å². The smallest absolute Gasteiger partial charge is 0.319 e. The normalized spacial score (nSPS) is 25.5. The number of carbonyl (C=O) groups excluding carboxylic acids is 2. The van der Waals surface area contributed by atoms with Crippen molar-refractivity contribution in [3.8, 4) is 0 Å². The molecule has 3 heterocycles. The zero-order valence-corrected chi connectivity index (χ0v) is 14.6. The number of rotatable bonds is 2. The number of thiophene rings is 1. The van der Waals surface area contributed by atoms with Gasteiger partial charge in [-0.05, 0) is 11.4 Å². The lowest BCUT2D eigenvalue weighted by Crippen LogP contribution is -2.46. The van der Waals surface area contributed by atoms with E-state index < -0.39 is 0 Å². The molecule has 2 aliphatic heterocycles. The maximum Gasteiger partial charge on any atom is 0.319 e. The third-order valence-electron chi connectivity index (χ3n) is 4.58. The van der Waals surface area contributed by atoms with Crippen LogP contribution >= 0.6 is 11.3 Å². The van der Waals surface area contributed by atoms with Crippen molar-refractivity contribution in [2.24, 2.45) is 5.41 Å². The van der Waals surface area contributed by atoms with Crippen molar-refractivity contribution in [1.82, 2.24) is 20.0 Å². The average Bonchev–Trinajstić information content (AvgIpc) is 3.08. The molecule has 3 amide bonds. The minimum atomic E-state index is -0.170. The Morgan fingerprint density at radius 3 is 2.83 bits per heavy atom. The Kier molecular flexibility index (Phi) is 4.59. The lowest BCUT2D eigenvalue weighted by molar-refractivity contribution is -0.119. The predicted octanol–water partition coefficient (Wildman–Crippen LogP) is 1.05. The standard InChI is InChI=1S/C16H24N4O2S/c1-18(2)15(22)20-6-5-19(9-13-4-3-7-23-13)11-16(12-20)8-14(21)17-10-16/h3-4,7H,5-6,8-12H2,1-2H3,(H,17,21). The monoisotopic (exact) mass is 336 g/mol. The molecule has 1 unspecified atom stereocenters.